The number of benzene rings is 1. The van der Waals surface area contributed by atoms with Gasteiger partial charge >= 0.3 is 0 Å². The van der Waals surface area contributed by atoms with Crippen molar-refractivity contribution in [1.82, 2.24) is 0 Å². The average molecular weight is 232 g/mol. The first kappa shape index (κ1) is 9.68. The molecule has 0 fully saturated rings. The van der Waals surface area contributed by atoms with E-state index in [0.717, 1.165) is 0 Å². The number of aliphatic hydroxyl groups is 1. The molecule has 0 aliphatic carbocycles. The Morgan fingerprint density at radius 2 is 2.17 bits per heavy atom. The molecule has 0 amide bonds. The second-order valence-electron chi connectivity index (χ2n) is 2.58. The summed E-state index contributed by atoms with van der Waals surface area (Å²) in [4.78, 5) is 0. The predicted molar refractivity (Wildman–Crippen MR) is 49.3 cm³/mol. The highest BCUT2D eigenvalue weighted by Crippen LogP contribution is 2.20. The predicted octanol–water partition coefficient (Wildman–Crippen LogP) is 2.50. The summed E-state index contributed by atoms with van der Waals surface area (Å²) in [5.41, 5.74) is 0.698. The van der Waals surface area contributed by atoms with Gasteiger partial charge < -0.3 is 5.11 Å². The lowest BCUT2D eigenvalue weighted by atomic mass is 10.0. The second kappa shape index (κ2) is 4.01. The molecule has 0 aromatic heterocycles. The molecule has 1 atom stereocenters. The Kier molecular flexibility index (Phi) is 3.23. The van der Waals surface area contributed by atoms with Gasteiger partial charge in [-0.25, -0.2) is 4.39 Å². The zero-order valence-corrected chi connectivity index (χ0v) is 8.01. The summed E-state index contributed by atoms with van der Waals surface area (Å²) in [5.74, 6) is -0.585. The standard InChI is InChI=1S/C9H9BrFO/c1-6(5-12)7-2-8(10)4-9(11)3-7/h2-4,6,12H,1,5H2. The van der Waals surface area contributed by atoms with Gasteiger partial charge in [0.25, 0.3) is 0 Å². The molecular weight excluding hydrogens is 223 g/mol. The lowest BCUT2D eigenvalue weighted by molar-refractivity contribution is 0.282. The molecule has 1 aromatic rings. The molecule has 1 rings (SSSR count). The van der Waals surface area contributed by atoms with Gasteiger partial charge in [0.1, 0.15) is 5.82 Å². The van der Waals surface area contributed by atoms with Crippen molar-refractivity contribution in [1.29, 1.82) is 0 Å². The minimum absolute atomic E-state index is 0.0735. The smallest absolute Gasteiger partial charge is 0.124 e. The van der Waals surface area contributed by atoms with Gasteiger partial charge in [0, 0.05) is 17.0 Å². The number of halogens is 2. The summed E-state index contributed by atoms with van der Waals surface area (Å²) < 4.78 is 13.5. The van der Waals surface area contributed by atoms with Crippen LogP contribution < -0.4 is 0 Å². The van der Waals surface area contributed by atoms with E-state index in [1.165, 1.54) is 12.1 Å². The maximum Gasteiger partial charge on any atom is 0.124 e. The minimum Gasteiger partial charge on any atom is -0.396 e. The van der Waals surface area contributed by atoms with Crippen LogP contribution in [0.4, 0.5) is 4.39 Å². The van der Waals surface area contributed by atoms with Crippen molar-refractivity contribution in [2.75, 3.05) is 6.61 Å². The van der Waals surface area contributed by atoms with Crippen LogP contribution in [-0.2, 0) is 0 Å². The van der Waals surface area contributed by atoms with Crippen molar-refractivity contribution in [3.63, 3.8) is 0 Å². The highest BCUT2D eigenvalue weighted by atomic mass is 79.9. The Balaban J connectivity index is 3.00. The van der Waals surface area contributed by atoms with Crippen molar-refractivity contribution in [2.24, 2.45) is 0 Å². The summed E-state index contributed by atoms with van der Waals surface area (Å²) in [7, 11) is 0. The van der Waals surface area contributed by atoms with Crippen molar-refractivity contribution in [3.05, 3.63) is 41.0 Å². The fourth-order valence-electron chi connectivity index (χ4n) is 0.916. The maximum absolute atomic E-state index is 12.8. The summed E-state index contributed by atoms with van der Waals surface area (Å²) in [6, 6.07) is 4.49. The molecule has 3 heteroatoms. The van der Waals surface area contributed by atoms with Crippen LogP contribution in [-0.4, -0.2) is 11.7 Å². The fraction of sp³-hybridized carbons (Fsp3) is 0.222. The van der Waals surface area contributed by atoms with E-state index in [4.69, 9.17) is 5.11 Å². The number of rotatable bonds is 2. The number of hydrogen-bond acceptors (Lipinski definition) is 1. The highest BCUT2D eigenvalue weighted by molar-refractivity contribution is 9.10. The lowest BCUT2D eigenvalue weighted by Crippen LogP contribution is -1.99. The van der Waals surface area contributed by atoms with E-state index in [-0.39, 0.29) is 18.3 Å². The van der Waals surface area contributed by atoms with E-state index >= 15 is 0 Å². The van der Waals surface area contributed by atoms with Gasteiger partial charge in [0.2, 0.25) is 0 Å². The van der Waals surface area contributed by atoms with Gasteiger partial charge in [0.15, 0.2) is 0 Å². The van der Waals surface area contributed by atoms with Crippen molar-refractivity contribution < 1.29 is 9.50 Å². The highest BCUT2D eigenvalue weighted by Gasteiger charge is 2.06. The third kappa shape index (κ3) is 2.29. The van der Waals surface area contributed by atoms with Crippen LogP contribution in [0.2, 0.25) is 0 Å². The van der Waals surface area contributed by atoms with Crippen molar-refractivity contribution >= 4 is 15.9 Å². The molecule has 0 saturated heterocycles. The number of hydrogen-bond donors (Lipinski definition) is 1. The van der Waals surface area contributed by atoms with Crippen LogP contribution in [0.25, 0.3) is 0 Å². The molecule has 0 aliphatic rings. The third-order valence-corrected chi connectivity index (χ3v) is 2.03. The molecule has 0 heterocycles. The van der Waals surface area contributed by atoms with E-state index in [9.17, 15) is 4.39 Å². The van der Waals surface area contributed by atoms with E-state index in [1.807, 2.05) is 0 Å². The zero-order valence-electron chi connectivity index (χ0n) is 6.43. The lowest BCUT2D eigenvalue weighted by Gasteiger charge is -2.08. The monoisotopic (exact) mass is 231 g/mol. The van der Waals surface area contributed by atoms with Gasteiger partial charge in [-0.1, -0.05) is 15.9 Å². The van der Waals surface area contributed by atoms with Crippen LogP contribution in [0.3, 0.4) is 0 Å². The Morgan fingerprint density at radius 1 is 1.50 bits per heavy atom. The molecule has 1 unspecified atom stereocenters. The quantitative estimate of drug-likeness (QED) is 0.830. The van der Waals surface area contributed by atoms with Crippen LogP contribution in [0.15, 0.2) is 22.7 Å². The fourth-order valence-corrected chi connectivity index (χ4v) is 1.40. The summed E-state index contributed by atoms with van der Waals surface area (Å²) >= 11 is 3.16. The van der Waals surface area contributed by atoms with Crippen LogP contribution >= 0.6 is 15.9 Å². The summed E-state index contributed by atoms with van der Waals surface area (Å²) in [6.45, 7) is 3.60. The van der Waals surface area contributed by atoms with Gasteiger partial charge in [-0.05, 0) is 30.7 Å². The first-order valence-corrected chi connectivity index (χ1v) is 4.32. The van der Waals surface area contributed by atoms with E-state index in [0.29, 0.717) is 10.0 Å². The Bertz CT molecular complexity index is 255. The SMILES string of the molecule is [CH2]C(CO)c1cc(F)cc(Br)c1. The van der Waals surface area contributed by atoms with Crippen molar-refractivity contribution in [2.45, 2.75) is 5.92 Å². The molecule has 65 valence electrons. The summed E-state index contributed by atoms with van der Waals surface area (Å²) in [5, 5.41) is 8.77. The molecule has 1 aromatic carbocycles. The molecule has 1 radical (unpaired) electrons. The normalized spacial score (nSPS) is 13.0. The minimum atomic E-state index is -0.318. The first-order chi connectivity index (χ1) is 5.63. The topological polar surface area (TPSA) is 20.2 Å². The Hall–Kier alpha value is -0.410. The average Bonchev–Trinajstić information content (AvgIpc) is 2.01. The maximum atomic E-state index is 12.8. The molecule has 0 saturated carbocycles. The molecule has 1 nitrogen and oxygen atoms in total. The van der Waals surface area contributed by atoms with Crippen LogP contribution in [0, 0.1) is 12.7 Å². The Morgan fingerprint density at radius 3 is 2.67 bits per heavy atom. The largest absolute Gasteiger partial charge is 0.396 e. The van der Waals surface area contributed by atoms with Gasteiger partial charge in [0.05, 0.1) is 0 Å². The molecule has 1 N–H and O–H groups in total. The number of aliphatic hydroxyl groups excluding tert-OH is 1. The van der Waals surface area contributed by atoms with E-state index in [2.05, 4.69) is 22.9 Å². The van der Waals surface area contributed by atoms with Crippen LogP contribution in [0.1, 0.15) is 11.5 Å². The summed E-state index contributed by atoms with van der Waals surface area (Å²) in [6.07, 6.45) is 0. The zero-order chi connectivity index (χ0) is 9.14. The van der Waals surface area contributed by atoms with E-state index in [1.54, 1.807) is 6.07 Å². The van der Waals surface area contributed by atoms with Crippen molar-refractivity contribution in [3.8, 4) is 0 Å². The van der Waals surface area contributed by atoms with E-state index < -0.39 is 0 Å². The second-order valence-corrected chi connectivity index (χ2v) is 3.50. The van der Waals surface area contributed by atoms with Gasteiger partial charge in [-0.15, -0.1) is 0 Å². The van der Waals surface area contributed by atoms with Gasteiger partial charge in [-0.2, -0.15) is 0 Å². The molecular formula is C9H9BrFO. The molecule has 0 spiro atoms. The third-order valence-electron chi connectivity index (χ3n) is 1.58. The Labute approximate surface area is 79.4 Å². The molecule has 0 bridgehead atoms. The van der Waals surface area contributed by atoms with Crippen LogP contribution in [0.5, 0.6) is 0 Å². The molecule has 0 aliphatic heterocycles. The van der Waals surface area contributed by atoms with Gasteiger partial charge in [-0.3, -0.25) is 0 Å². The first-order valence-electron chi connectivity index (χ1n) is 3.53. The molecule has 12 heavy (non-hydrogen) atoms.